The maximum atomic E-state index is 12.6. The Labute approximate surface area is 144 Å². The van der Waals surface area contributed by atoms with Crippen LogP contribution in [0.15, 0.2) is 48.5 Å². The van der Waals surface area contributed by atoms with E-state index in [0.29, 0.717) is 12.2 Å². The maximum absolute atomic E-state index is 12.6. The second kappa shape index (κ2) is 6.78. The molecule has 0 radical (unpaired) electrons. The van der Waals surface area contributed by atoms with Crippen molar-refractivity contribution in [2.75, 3.05) is 20.2 Å². The number of likely N-dealkylation sites (tertiary alicyclic amines) is 1. The highest BCUT2D eigenvalue weighted by Crippen LogP contribution is 2.37. The molecule has 132 valence electrons. The van der Waals surface area contributed by atoms with Crippen LogP contribution < -0.4 is 4.74 Å². The predicted octanol–water partition coefficient (Wildman–Crippen LogP) is 4.24. The number of carbonyl (C=O) groups excluding carboxylic acids is 1. The number of amides is 1. The zero-order chi connectivity index (χ0) is 18.0. The second-order valence-corrected chi connectivity index (χ2v) is 6.06. The van der Waals surface area contributed by atoms with E-state index in [2.05, 4.69) is 0 Å². The maximum Gasteiger partial charge on any atom is 0.471 e. The van der Waals surface area contributed by atoms with E-state index in [1.54, 1.807) is 0 Å². The SMILES string of the molecule is COc1ccc(-c2ccccc2)cc1C1CCN(C(=O)C(F)(F)F)C1. The normalized spacial score (nSPS) is 17.6. The summed E-state index contributed by atoms with van der Waals surface area (Å²) in [5.41, 5.74) is 2.82. The lowest BCUT2D eigenvalue weighted by Crippen LogP contribution is -2.39. The minimum absolute atomic E-state index is 0.0486. The summed E-state index contributed by atoms with van der Waals surface area (Å²) in [6, 6.07) is 15.4. The van der Waals surface area contributed by atoms with E-state index in [1.807, 2.05) is 48.5 Å². The first-order valence-corrected chi connectivity index (χ1v) is 7.99. The Kier molecular flexibility index (Phi) is 4.70. The second-order valence-electron chi connectivity index (χ2n) is 6.06. The molecule has 0 N–H and O–H groups in total. The van der Waals surface area contributed by atoms with Crippen molar-refractivity contribution in [2.24, 2.45) is 0 Å². The van der Waals surface area contributed by atoms with Gasteiger partial charge in [0.25, 0.3) is 0 Å². The molecule has 1 heterocycles. The van der Waals surface area contributed by atoms with E-state index < -0.39 is 12.1 Å². The number of rotatable bonds is 3. The van der Waals surface area contributed by atoms with Gasteiger partial charge in [-0.2, -0.15) is 13.2 Å². The molecule has 1 atom stereocenters. The molecule has 1 aliphatic rings. The molecule has 25 heavy (non-hydrogen) atoms. The summed E-state index contributed by atoms with van der Waals surface area (Å²) in [6.07, 6.45) is -4.35. The molecular weight excluding hydrogens is 331 g/mol. The Morgan fingerprint density at radius 3 is 2.48 bits per heavy atom. The van der Waals surface area contributed by atoms with Crippen molar-refractivity contribution in [3.05, 3.63) is 54.1 Å². The molecule has 1 saturated heterocycles. The lowest BCUT2D eigenvalue weighted by Gasteiger charge is -2.19. The third-order valence-electron chi connectivity index (χ3n) is 4.49. The van der Waals surface area contributed by atoms with Crippen molar-refractivity contribution >= 4 is 5.91 Å². The van der Waals surface area contributed by atoms with E-state index >= 15 is 0 Å². The predicted molar refractivity (Wildman–Crippen MR) is 88.4 cm³/mol. The lowest BCUT2D eigenvalue weighted by atomic mass is 9.93. The molecule has 1 unspecified atom stereocenters. The topological polar surface area (TPSA) is 29.5 Å². The van der Waals surface area contributed by atoms with Crippen LogP contribution in [0.3, 0.4) is 0 Å². The van der Waals surface area contributed by atoms with E-state index in [9.17, 15) is 18.0 Å². The fraction of sp³-hybridized carbons (Fsp3) is 0.316. The van der Waals surface area contributed by atoms with Crippen LogP contribution in [0.4, 0.5) is 13.2 Å². The number of carbonyl (C=O) groups is 1. The number of methoxy groups -OCH3 is 1. The molecule has 2 aromatic carbocycles. The molecule has 0 saturated carbocycles. The first-order valence-electron chi connectivity index (χ1n) is 7.99. The van der Waals surface area contributed by atoms with Gasteiger partial charge in [0.2, 0.25) is 0 Å². The Morgan fingerprint density at radius 1 is 1.12 bits per heavy atom. The number of hydrogen-bond acceptors (Lipinski definition) is 2. The van der Waals surface area contributed by atoms with E-state index in [4.69, 9.17) is 4.74 Å². The molecular formula is C19H18F3NO2. The van der Waals surface area contributed by atoms with Gasteiger partial charge in [-0.3, -0.25) is 4.79 Å². The van der Waals surface area contributed by atoms with Crippen LogP contribution in [0.25, 0.3) is 11.1 Å². The van der Waals surface area contributed by atoms with Gasteiger partial charge in [0.1, 0.15) is 5.75 Å². The quantitative estimate of drug-likeness (QED) is 0.829. The van der Waals surface area contributed by atoms with Gasteiger partial charge < -0.3 is 9.64 Å². The number of halogens is 3. The van der Waals surface area contributed by atoms with E-state index in [-0.39, 0.29) is 19.0 Å². The van der Waals surface area contributed by atoms with Crippen LogP contribution in [-0.2, 0) is 4.79 Å². The summed E-state index contributed by atoms with van der Waals surface area (Å²) in [6.45, 7) is 0.147. The summed E-state index contributed by atoms with van der Waals surface area (Å²) in [5, 5.41) is 0. The van der Waals surface area contributed by atoms with Crippen molar-refractivity contribution in [2.45, 2.75) is 18.5 Å². The molecule has 3 nitrogen and oxygen atoms in total. The van der Waals surface area contributed by atoms with E-state index in [0.717, 1.165) is 21.6 Å². The minimum atomic E-state index is -4.83. The van der Waals surface area contributed by atoms with Crippen LogP contribution in [0, 0.1) is 0 Å². The van der Waals surface area contributed by atoms with Gasteiger partial charge in [-0.15, -0.1) is 0 Å². The van der Waals surface area contributed by atoms with Gasteiger partial charge in [0.05, 0.1) is 7.11 Å². The summed E-state index contributed by atoms with van der Waals surface area (Å²) in [7, 11) is 1.54. The van der Waals surface area contributed by atoms with Gasteiger partial charge in [0, 0.05) is 19.0 Å². The standard InChI is InChI=1S/C19H18F3NO2/c1-25-17-8-7-14(13-5-3-2-4-6-13)11-16(17)15-9-10-23(12-15)18(24)19(20,21)22/h2-8,11,15H,9-10,12H2,1H3. The molecule has 1 amide bonds. The Bertz CT molecular complexity index is 759. The number of hydrogen-bond donors (Lipinski definition) is 0. The molecule has 1 aliphatic heterocycles. The Balaban J connectivity index is 1.88. The third kappa shape index (κ3) is 3.62. The van der Waals surface area contributed by atoms with Crippen LogP contribution >= 0.6 is 0 Å². The van der Waals surface area contributed by atoms with Crippen molar-refractivity contribution in [3.63, 3.8) is 0 Å². The Morgan fingerprint density at radius 2 is 1.84 bits per heavy atom. The molecule has 0 aliphatic carbocycles. The fourth-order valence-electron chi connectivity index (χ4n) is 3.24. The summed E-state index contributed by atoms with van der Waals surface area (Å²) >= 11 is 0. The number of ether oxygens (including phenoxy) is 1. The summed E-state index contributed by atoms with van der Waals surface area (Å²) in [5.74, 6) is -1.32. The molecule has 0 spiro atoms. The van der Waals surface area contributed by atoms with Crippen molar-refractivity contribution in [1.29, 1.82) is 0 Å². The highest BCUT2D eigenvalue weighted by atomic mass is 19.4. The van der Waals surface area contributed by atoms with Gasteiger partial charge in [-0.25, -0.2) is 0 Å². The largest absolute Gasteiger partial charge is 0.496 e. The third-order valence-corrected chi connectivity index (χ3v) is 4.49. The van der Waals surface area contributed by atoms with Crippen molar-refractivity contribution in [3.8, 4) is 16.9 Å². The van der Waals surface area contributed by atoms with Crippen molar-refractivity contribution in [1.82, 2.24) is 4.90 Å². The van der Waals surface area contributed by atoms with Gasteiger partial charge in [-0.05, 0) is 35.2 Å². The highest BCUT2D eigenvalue weighted by Gasteiger charge is 2.44. The smallest absolute Gasteiger partial charge is 0.471 e. The minimum Gasteiger partial charge on any atom is -0.496 e. The average molecular weight is 349 g/mol. The molecule has 6 heteroatoms. The number of nitrogens with zero attached hydrogens (tertiary/aromatic N) is 1. The van der Waals surface area contributed by atoms with Crippen LogP contribution in [0.5, 0.6) is 5.75 Å². The first-order chi connectivity index (χ1) is 11.9. The van der Waals surface area contributed by atoms with Crippen LogP contribution in [0.1, 0.15) is 17.9 Å². The molecule has 2 aromatic rings. The van der Waals surface area contributed by atoms with Crippen LogP contribution in [0.2, 0.25) is 0 Å². The Hall–Kier alpha value is -2.50. The summed E-state index contributed by atoms with van der Waals surface area (Å²) in [4.78, 5) is 12.3. The van der Waals surface area contributed by atoms with Gasteiger partial charge in [-0.1, -0.05) is 36.4 Å². The highest BCUT2D eigenvalue weighted by molar-refractivity contribution is 5.82. The van der Waals surface area contributed by atoms with E-state index in [1.165, 1.54) is 7.11 Å². The summed E-state index contributed by atoms with van der Waals surface area (Å²) < 4.78 is 43.3. The molecule has 3 rings (SSSR count). The fourth-order valence-corrected chi connectivity index (χ4v) is 3.24. The number of benzene rings is 2. The average Bonchev–Trinajstić information content (AvgIpc) is 3.10. The van der Waals surface area contributed by atoms with Crippen LogP contribution in [-0.4, -0.2) is 37.2 Å². The monoisotopic (exact) mass is 349 g/mol. The number of alkyl halides is 3. The zero-order valence-electron chi connectivity index (χ0n) is 13.7. The molecule has 0 aromatic heterocycles. The molecule has 1 fully saturated rings. The van der Waals surface area contributed by atoms with Gasteiger partial charge in [0.15, 0.2) is 0 Å². The molecule has 0 bridgehead atoms. The zero-order valence-corrected chi connectivity index (χ0v) is 13.7. The van der Waals surface area contributed by atoms with Crippen molar-refractivity contribution < 1.29 is 22.7 Å². The lowest BCUT2D eigenvalue weighted by molar-refractivity contribution is -0.184. The van der Waals surface area contributed by atoms with Gasteiger partial charge >= 0.3 is 12.1 Å². The first kappa shape index (κ1) is 17.3.